The summed E-state index contributed by atoms with van der Waals surface area (Å²) in [5, 5.41) is 3.20. The van der Waals surface area contributed by atoms with Gasteiger partial charge in [0.1, 0.15) is 5.82 Å². The van der Waals surface area contributed by atoms with E-state index in [2.05, 4.69) is 26.2 Å². The van der Waals surface area contributed by atoms with Gasteiger partial charge in [0.2, 0.25) is 0 Å². The predicted octanol–water partition coefficient (Wildman–Crippen LogP) is 3.60. The molecule has 0 fully saturated rings. The Balaban J connectivity index is 2.03. The predicted molar refractivity (Wildman–Crippen MR) is 65.7 cm³/mol. The number of halogens is 2. The van der Waals surface area contributed by atoms with Gasteiger partial charge >= 0.3 is 0 Å². The molecule has 16 heavy (non-hydrogen) atoms. The molecule has 1 heterocycles. The molecule has 4 heteroatoms. The monoisotopic (exact) mass is 280 g/mol. The molecule has 0 aliphatic rings. The minimum atomic E-state index is -0.245. The Hall–Kier alpha value is -1.42. The molecule has 2 nitrogen and oxygen atoms in total. The third-order valence-corrected chi connectivity index (χ3v) is 2.75. The van der Waals surface area contributed by atoms with Crippen molar-refractivity contribution in [2.75, 3.05) is 5.32 Å². The number of nitrogens with one attached hydrogen (secondary N) is 1. The van der Waals surface area contributed by atoms with Gasteiger partial charge in [0.25, 0.3) is 0 Å². The molecule has 0 saturated heterocycles. The van der Waals surface area contributed by atoms with Crippen molar-refractivity contribution >= 4 is 21.6 Å². The number of hydrogen-bond acceptors (Lipinski definition) is 2. The van der Waals surface area contributed by atoms with Crippen molar-refractivity contribution < 1.29 is 4.39 Å². The molecule has 1 aromatic heterocycles. The maximum atomic E-state index is 13.0. The molecule has 0 saturated carbocycles. The Kier molecular flexibility index (Phi) is 3.51. The smallest absolute Gasteiger partial charge is 0.137 e. The van der Waals surface area contributed by atoms with Gasteiger partial charge in [0.05, 0.1) is 10.2 Å². The van der Waals surface area contributed by atoms with Crippen LogP contribution in [0.4, 0.5) is 10.1 Å². The summed E-state index contributed by atoms with van der Waals surface area (Å²) in [6.07, 6.45) is 3.47. The zero-order chi connectivity index (χ0) is 11.4. The number of benzene rings is 1. The van der Waals surface area contributed by atoms with Crippen LogP contribution in [0.15, 0.2) is 47.2 Å². The number of anilines is 1. The van der Waals surface area contributed by atoms with Gasteiger partial charge in [0.15, 0.2) is 0 Å². The summed E-state index contributed by atoms with van der Waals surface area (Å²) in [6.45, 7) is 0.643. The van der Waals surface area contributed by atoms with Gasteiger partial charge in [-0.15, -0.1) is 0 Å². The first-order chi connectivity index (χ1) is 7.75. The van der Waals surface area contributed by atoms with E-state index in [4.69, 9.17) is 0 Å². The Labute approximate surface area is 102 Å². The van der Waals surface area contributed by atoms with E-state index in [-0.39, 0.29) is 5.82 Å². The van der Waals surface area contributed by atoms with Crippen LogP contribution in [0.3, 0.4) is 0 Å². The van der Waals surface area contributed by atoms with Gasteiger partial charge in [0, 0.05) is 18.9 Å². The molecular formula is C12H10BrFN2. The molecule has 0 radical (unpaired) electrons. The van der Waals surface area contributed by atoms with E-state index < -0.39 is 0 Å². The SMILES string of the molecule is Fc1ccc(CNc2cccnc2)cc1Br. The second kappa shape index (κ2) is 5.07. The van der Waals surface area contributed by atoms with Gasteiger partial charge < -0.3 is 5.32 Å². The Morgan fingerprint density at radius 2 is 2.19 bits per heavy atom. The lowest BCUT2D eigenvalue weighted by atomic mass is 10.2. The highest BCUT2D eigenvalue weighted by Gasteiger charge is 2.00. The Morgan fingerprint density at radius 1 is 1.31 bits per heavy atom. The van der Waals surface area contributed by atoms with Crippen LogP contribution in [-0.2, 0) is 6.54 Å². The first-order valence-electron chi connectivity index (χ1n) is 4.83. The van der Waals surface area contributed by atoms with Crippen LogP contribution in [0.25, 0.3) is 0 Å². The topological polar surface area (TPSA) is 24.9 Å². The maximum absolute atomic E-state index is 13.0. The van der Waals surface area contributed by atoms with Crippen LogP contribution in [0.1, 0.15) is 5.56 Å². The summed E-state index contributed by atoms with van der Waals surface area (Å²) in [4.78, 5) is 4.00. The molecule has 0 atom stereocenters. The van der Waals surface area contributed by atoms with Gasteiger partial charge in [-0.1, -0.05) is 6.07 Å². The summed E-state index contributed by atoms with van der Waals surface area (Å²) < 4.78 is 13.5. The summed E-state index contributed by atoms with van der Waals surface area (Å²) in [7, 11) is 0. The average molecular weight is 281 g/mol. The van der Waals surface area contributed by atoms with Gasteiger partial charge in [-0.25, -0.2) is 4.39 Å². The van der Waals surface area contributed by atoms with E-state index in [0.717, 1.165) is 11.3 Å². The first kappa shape index (κ1) is 11.1. The van der Waals surface area contributed by atoms with Crippen molar-refractivity contribution in [3.05, 3.63) is 58.6 Å². The summed E-state index contributed by atoms with van der Waals surface area (Å²) in [5.41, 5.74) is 1.96. The van der Waals surface area contributed by atoms with E-state index >= 15 is 0 Å². The van der Waals surface area contributed by atoms with Crippen LogP contribution in [0.2, 0.25) is 0 Å². The third kappa shape index (κ3) is 2.79. The Bertz CT molecular complexity index is 474. The van der Waals surface area contributed by atoms with Crippen molar-refractivity contribution in [1.29, 1.82) is 0 Å². The number of pyridine rings is 1. The standard InChI is InChI=1S/C12H10BrFN2/c13-11-6-9(3-4-12(11)14)7-16-10-2-1-5-15-8-10/h1-6,8,16H,7H2. The average Bonchev–Trinajstić information content (AvgIpc) is 2.32. The zero-order valence-corrected chi connectivity index (χ0v) is 10.0. The van der Waals surface area contributed by atoms with Crippen molar-refractivity contribution in [2.45, 2.75) is 6.54 Å². The van der Waals surface area contributed by atoms with E-state index in [1.54, 1.807) is 24.5 Å². The normalized spacial score (nSPS) is 10.1. The van der Waals surface area contributed by atoms with Crippen molar-refractivity contribution in [1.82, 2.24) is 4.98 Å². The summed E-state index contributed by atoms with van der Waals surface area (Å²) >= 11 is 3.16. The largest absolute Gasteiger partial charge is 0.380 e. The maximum Gasteiger partial charge on any atom is 0.137 e. The van der Waals surface area contributed by atoms with E-state index in [9.17, 15) is 4.39 Å². The van der Waals surface area contributed by atoms with Crippen molar-refractivity contribution in [3.8, 4) is 0 Å². The number of aromatic nitrogens is 1. The molecule has 1 N–H and O–H groups in total. The molecule has 1 aromatic carbocycles. The molecule has 0 amide bonds. The highest BCUT2D eigenvalue weighted by Crippen LogP contribution is 2.17. The van der Waals surface area contributed by atoms with Gasteiger partial charge in [-0.05, 0) is 45.8 Å². The zero-order valence-electron chi connectivity index (χ0n) is 8.45. The minimum absolute atomic E-state index is 0.245. The fourth-order valence-electron chi connectivity index (χ4n) is 1.32. The lowest BCUT2D eigenvalue weighted by Gasteiger charge is -2.06. The molecule has 0 bridgehead atoms. The second-order valence-electron chi connectivity index (χ2n) is 3.34. The molecule has 82 valence electrons. The van der Waals surface area contributed by atoms with Crippen LogP contribution >= 0.6 is 15.9 Å². The highest BCUT2D eigenvalue weighted by atomic mass is 79.9. The van der Waals surface area contributed by atoms with E-state index in [1.807, 2.05) is 12.1 Å². The molecule has 0 aliphatic carbocycles. The molecule has 0 spiro atoms. The minimum Gasteiger partial charge on any atom is -0.380 e. The summed E-state index contributed by atoms with van der Waals surface area (Å²) in [5.74, 6) is -0.245. The first-order valence-corrected chi connectivity index (χ1v) is 5.63. The molecule has 2 rings (SSSR count). The van der Waals surface area contributed by atoms with E-state index in [1.165, 1.54) is 6.07 Å². The second-order valence-corrected chi connectivity index (χ2v) is 4.20. The van der Waals surface area contributed by atoms with Crippen molar-refractivity contribution in [3.63, 3.8) is 0 Å². The lowest BCUT2D eigenvalue weighted by Crippen LogP contribution is -1.99. The lowest BCUT2D eigenvalue weighted by molar-refractivity contribution is 0.620. The number of hydrogen-bond donors (Lipinski definition) is 1. The number of nitrogens with zero attached hydrogens (tertiary/aromatic N) is 1. The molecule has 2 aromatic rings. The van der Waals surface area contributed by atoms with E-state index in [0.29, 0.717) is 11.0 Å². The van der Waals surface area contributed by atoms with Crippen LogP contribution in [0, 0.1) is 5.82 Å². The van der Waals surface area contributed by atoms with Crippen LogP contribution in [0.5, 0.6) is 0 Å². The van der Waals surface area contributed by atoms with Gasteiger partial charge in [-0.2, -0.15) is 0 Å². The van der Waals surface area contributed by atoms with Gasteiger partial charge in [-0.3, -0.25) is 4.98 Å². The molecule has 0 unspecified atom stereocenters. The fourth-order valence-corrected chi connectivity index (χ4v) is 1.75. The highest BCUT2D eigenvalue weighted by molar-refractivity contribution is 9.10. The third-order valence-electron chi connectivity index (χ3n) is 2.14. The number of rotatable bonds is 3. The van der Waals surface area contributed by atoms with Crippen LogP contribution < -0.4 is 5.32 Å². The molecular weight excluding hydrogens is 271 g/mol. The van der Waals surface area contributed by atoms with Crippen LogP contribution in [-0.4, -0.2) is 4.98 Å². The summed E-state index contributed by atoms with van der Waals surface area (Å²) in [6, 6.07) is 8.76. The molecule has 0 aliphatic heterocycles. The fraction of sp³-hybridized carbons (Fsp3) is 0.0833. The quantitative estimate of drug-likeness (QED) is 0.929. The van der Waals surface area contributed by atoms with Crippen molar-refractivity contribution in [2.24, 2.45) is 0 Å². The Morgan fingerprint density at radius 3 is 2.88 bits per heavy atom.